The maximum Gasteiger partial charge on any atom is 0.257 e. The molecule has 0 aliphatic carbocycles. The van der Waals surface area contributed by atoms with Crippen LogP contribution in [0.3, 0.4) is 0 Å². The number of carbonyl (C=O) groups is 1. The van der Waals surface area contributed by atoms with Crippen LogP contribution in [-0.4, -0.2) is 18.1 Å². The minimum Gasteiger partial charge on any atom is -0.497 e. The van der Waals surface area contributed by atoms with Gasteiger partial charge in [-0.25, -0.2) is 0 Å². The molecule has 0 saturated carbocycles. The lowest BCUT2D eigenvalue weighted by molar-refractivity contribution is -0.124. The molecule has 0 bridgehead atoms. The summed E-state index contributed by atoms with van der Waals surface area (Å²) >= 11 is 0. The molecule has 0 aromatic heterocycles. The molecule has 1 amide bonds. The fraction of sp³-hybridized carbons (Fsp3) is 0.278. The third-order valence-corrected chi connectivity index (χ3v) is 3.50. The van der Waals surface area contributed by atoms with Gasteiger partial charge in [-0.3, -0.25) is 4.79 Å². The SMILES string of the molecule is COc1cccc(C(O)C(=O)Nc2ccc(C(C)C)cc2)c1. The van der Waals surface area contributed by atoms with E-state index < -0.39 is 12.0 Å². The summed E-state index contributed by atoms with van der Waals surface area (Å²) in [6.45, 7) is 4.22. The van der Waals surface area contributed by atoms with Gasteiger partial charge >= 0.3 is 0 Å². The first-order valence-corrected chi connectivity index (χ1v) is 7.24. The smallest absolute Gasteiger partial charge is 0.257 e. The maximum absolute atomic E-state index is 12.1. The normalized spacial score (nSPS) is 12.0. The Labute approximate surface area is 130 Å². The number of aliphatic hydroxyl groups excluding tert-OH is 1. The number of hydrogen-bond acceptors (Lipinski definition) is 3. The number of aliphatic hydroxyl groups is 1. The zero-order valence-corrected chi connectivity index (χ0v) is 13.0. The molecule has 0 heterocycles. The minimum absolute atomic E-state index is 0.437. The zero-order valence-electron chi connectivity index (χ0n) is 13.0. The molecule has 116 valence electrons. The van der Waals surface area contributed by atoms with Gasteiger partial charge in [-0.05, 0) is 41.3 Å². The van der Waals surface area contributed by atoms with Gasteiger partial charge < -0.3 is 15.2 Å². The van der Waals surface area contributed by atoms with E-state index in [1.165, 1.54) is 5.56 Å². The van der Waals surface area contributed by atoms with Crippen molar-refractivity contribution >= 4 is 11.6 Å². The minimum atomic E-state index is -1.24. The van der Waals surface area contributed by atoms with Gasteiger partial charge in [0.2, 0.25) is 0 Å². The molecular weight excluding hydrogens is 278 g/mol. The molecule has 0 saturated heterocycles. The van der Waals surface area contributed by atoms with Crippen LogP contribution in [0.2, 0.25) is 0 Å². The van der Waals surface area contributed by atoms with Crippen LogP contribution in [0.25, 0.3) is 0 Å². The highest BCUT2D eigenvalue weighted by Crippen LogP contribution is 2.21. The van der Waals surface area contributed by atoms with Crippen molar-refractivity contribution in [1.82, 2.24) is 0 Å². The number of nitrogens with one attached hydrogen (secondary N) is 1. The molecule has 0 radical (unpaired) electrons. The number of ether oxygens (including phenoxy) is 1. The van der Waals surface area contributed by atoms with Crippen molar-refractivity contribution in [2.24, 2.45) is 0 Å². The topological polar surface area (TPSA) is 58.6 Å². The highest BCUT2D eigenvalue weighted by atomic mass is 16.5. The van der Waals surface area contributed by atoms with E-state index >= 15 is 0 Å². The van der Waals surface area contributed by atoms with E-state index in [1.54, 1.807) is 31.4 Å². The Hall–Kier alpha value is -2.33. The summed E-state index contributed by atoms with van der Waals surface area (Å²) in [6, 6.07) is 14.5. The summed E-state index contributed by atoms with van der Waals surface area (Å²) in [6.07, 6.45) is -1.24. The van der Waals surface area contributed by atoms with Crippen molar-refractivity contribution in [1.29, 1.82) is 0 Å². The van der Waals surface area contributed by atoms with Crippen molar-refractivity contribution in [2.45, 2.75) is 25.9 Å². The molecule has 0 spiro atoms. The predicted molar refractivity (Wildman–Crippen MR) is 87.1 cm³/mol. The van der Waals surface area contributed by atoms with E-state index in [1.807, 2.05) is 24.3 Å². The highest BCUT2D eigenvalue weighted by Gasteiger charge is 2.18. The van der Waals surface area contributed by atoms with Gasteiger partial charge in [-0.15, -0.1) is 0 Å². The van der Waals surface area contributed by atoms with Crippen molar-refractivity contribution in [3.05, 3.63) is 59.7 Å². The van der Waals surface area contributed by atoms with Gasteiger partial charge in [-0.2, -0.15) is 0 Å². The van der Waals surface area contributed by atoms with E-state index in [4.69, 9.17) is 4.74 Å². The number of carbonyl (C=O) groups excluding carboxylic acids is 1. The second kappa shape index (κ2) is 7.09. The summed E-state index contributed by atoms with van der Waals surface area (Å²) in [4.78, 5) is 12.1. The third kappa shape index (κ3) is 3.86. The van der Waals surface area contributed by atoms with Gasteiger partial charge in [0, 0.05) is 5.69 Å². The molecule has 2 aromatic rings. The second-order valence-corrected chi connectivity index (χ2v) is 5.45. The van der Waals surface area contributed by atoms with Crippen LogP contribution in [-0.2, 0) is 4.79 Å². The first-order valence-electron chi connectivity index (χ1n) is 7.24. The van der Waals surface area contributed by atoms with Crippen molar-refractivity contribution in [3.63, 3.8) is 0 Å². The van der Waals surface area contributed by atoms with E-state index in [0.717, 1.165) is 0 Å². The van der Waals surface area contributed by atoms with E-state index in [9.17, 15) is 9.90 Å². The fourth-order valence-electron chi connectivity index (χ4n) is 2.12. The molecule has 2 N–H and O–H groups in total. The molecule has 2 rings (SSSR count). The molecule has 22 heavy (non-hydrogen) atoms. The van der Waals surface area contributed by atoms with Crippen LogP contribution in [0, 0.1) is 0 Å². The van der Waals surface area contributed by atoms with Crippen LogP contribution in [0.1, 0.15) is 37.0 Å². The molecule has 4 nitrogen and oxygen atoms in total. The van der Waals surface area contributed by atoms with E-state index in [2.05, 4.69) is 19.2 Å². The summed E-state index contributed by atoms with van der Waals surface area (Å²) in [5, 5.41) is 12.9. The van der Waals surface area contributed by atoms with Crippen LogP contribution < -0.4 is 10.1 Å². The molecule has 1 unspecified atom stereocenters. The molecule has 1 atom stereocenters. The Morgan fingerprint density at radius 3 is 2.36 bits per heavy atom. The second-order valence-electron chi connectivity index (χ2n) is 5.45. The summed E-state index contributed by atoms with van der Waals surface area (Å²) < 4.78 is 5.10. The summed E-state index contributed by atoms with van der Waals surface area (Å²) in [5.74, 6) is 0.573. The summed E-state index contributed by atoms with van der Waals surface area (Å²) in [5.41, 5.74) is 2.36. The zero-order chi connectivity index (χ0) is 16.1. The fourth-order valence-corrected chi connectivity index (χ4v) is 2.12. The quantitative estimate of drug-likeness (QED) is 0.888. The number of rotatable bonds is 5. The van der Waals surface area contributed by atoms with Crippen LogP contribution in [0.4, 0.5) is 5.69 Å². The Morgan fingerprint density at radius 1 is 1.09 bits per heavy atom. The Morgan fingerprint density at radius 2 is 1.77 bits per heavy atom. The first-order chi connectivity index (χ1) is 10.5. The monoisotopic (exact) mass is 299 g/mol. The highest BCUT2D eigenvalue weighted by molar-refractivity contribution is 5.94. The standard InChI is InChI=1S/C18H21NO3/c1-12(2)13-7-9-15(10-8-13)19-18(21)17(20)14-5-4-6-16(11-14)22-3/h4-12,17,20H,1-3H3,(H,19,21). The lowest BCUT2D eigenvalue weighted by Gasteiger charge is -2.13. The lowest BCUT2D eigenvalue weighted by atomic mass is 10.0. The molecule has 0 aliphatic rings. The Bertz CT molecular complexity index is 635. The predicted octanol–water partition coefficient (Wildman–Crippen LogP) is 3.49. The third-order valence-electron chi connectivity index (χ3n) is 3.50. The van der Waals surface area contributed by atoms with Crippen molar-refractivity contribution < 1.29 is 14.6 Å². The number of benzene rings is 2. The van der Waals surface area contributed by atoms with Gasteiger partial charge in [0.25, 0.3) is 5.91 Å². The van der Waals surface area contributed by atoms with Gasteiger partial charge in [-0.1, -0.05) is 38.1 Å². The summed E-state index contributed by atoms with van der Waals surface area (Å²) in [7, 11) is 1.54. The van der Waals surface area contributed by atoms with Crippen LogP contribution in [0.5, 0.6) is 5.75 Å². The largest absolute Gasteiger partial charge is 0.497 e. The Kier molecular flexibility index (Phi) is 5.17. The molecule has 2 aromatic carbocycles. The van der Waals surface area contributed by atoms with E-state index in [-0.39, 0.29) is 0 Å². The average Bonchev–Trinajstić information content (AvgIpc) is 2.54. The van der Waals surface area contributed by atoms with Crippen molar-refractivity contribution in [2.75, 3.05) is 12.4 Å². The maximum atomic E-state index is 12.1. The number of hydrogen-bond donors (Lipinski definition) is 2. The number of anilines is 1. The van der Waals surface area contributed by atoms with Crippen LogP contribution >= 0.6 is 0 Å². The van der Waals surface area contributed by atoms with Gasteiger partial charge in [0.05, 0.1) is 7.11 Å². The van der Waals surface area contributed by atoms with E-state index in [0.29, 0.717) is 22.9 Å². The molecule has 0 fully saturated rings. The first kappa shape index (κ1) is 16.0. The van der Waals surface area contributed by atoms with Crippen LogP contribution in [0.15, 0.2) is 48.5 Å². The lowest BCUT2D eigenvalue weighted by Crippen LogP contribution is -2.20. The Balaban J connectivity index is 2.07. The van der Waals surface area contributed by atoms with Crippen molar-refractivity contribution in [3.8, 4) is 5.75 Å². The molecule has 0 aliphatic heterocycles. The number of amides is 1. The number of methoxy groups -OCH3 is 1. The molecular formula is C18H21NO3. The average molecular weight is 299 g/mol. The van der Waals surface area contributed by atoms with Gasteiger partial charge in [0.15, 0.2) is 6.10 Å². The van der Waals surface area contributed by atoms with Gasteiger partial charge in [0.1, 0.15) is 5.75 Å². The molecule has 4 heteroatoms.